The summed E-state index contributed by atoms with van der Waals surface area (Å²) in [7, 11) is 0. The summed E-state index contributed by atoms with van der Waals surface area (Å²) in [4.78, 5) is 2.40. The highest BCUT2D eigenvalue weighted by molar-refractivity contribution is 6.09. The number of benzene rings is 11. The largest absolute Gasteiger partial charge is 0.310 e. The minimum Gasteiger partial charge on any atom is -0.310 e. The topological polar surface area (TPSA) is 3.24 Å². The molecule has 310 valence electrons. The zero-order chi connectivity index (χ0) is 43.9. The lowest BCUT2D eigenvalue weighted by Crippen LogP contribution is -2.28. The third-order valence-electron chi connectivity index (χ3n) is 13.6. The van der Waals surface area contributed by atoms with E-state index in [4.69, 9.17) is 0 Å². The van der Waals surface area contributed by atoms with E-state index in [1.165, 1.54) is 88.7 Å². The number of fused-ring (bicyclic) bond motifs is 4. The van der Waals surface area contributed by atoms with E-state index in [0.29, 0.717) is 0 Å². The first-order valence-electron chi connectivity index (χ1n) is 22.8. The molecule has 1 aliphatic rings. The van der Waals surface area contributed by atoms with Crippen molar-refractivity contribution in [2.75, 3.05) is 4.90 Å². The maximum Gasteiger partial charge on any atom is 0.0713 e. The lowest BCUT2D eigenvalue weighted by atomic mass is 9.67. The van der Waals surface area contributed by atoms with Gasteiger partial charge in [-0.05, 0) is 120 Å². The average Bonchev–Trinajstić information content (AvgIpc) is 3.71. The Balaban J connectivity index is 1.09. The molecule has 0 unspecified atom stereocenters. The zero-order valence-electron chi connectivity index (χ0n) is 36.4. The quantitative estimate of drug-likeness (QED) is 0.140. The third kappa shape index (κ3) is 6.47. The Morgan fingerprint density at radius 1 is 0.258 bits per heavy atom. The second-order valence-electron chi connectivity index (χ2n) is 17.1. The molecule has 0 aliphatic heterocycles. The standard InChI is InChI=1S/C65H45N/c1-6-21-46(22-7-1)48-37-40-53(41-38-48)66(52-29-14-5-15-30-52)63-44-43-55(54-31-16-17-32-57(54)63)60-45-49(47-23-8-2-9-24-47)39-42-56(60)58-34-20-36-62-64(58)59-33-18-19-35-61(59)65(62,50-25-10-3-11-26-50)51-27-12-4-13-28-51/h1-45H. The lowest BCUT2D eigenvalue weighted by Gasteiger charge is -2.34. The van der Waals surface area contributed by atoms with Gasteiger partial charge in [0.1, 0.15) is 0 Å². The van der Waals surface area contributed by atoms with Crippen molar-refractivity contribution in [2.45, 2.75) is 5.41 Å². The van der Waals surface area contributed by atoms with Crippen molar-refractivity contribution >= 4 is 27.8 Å². The number of hydrogen-bond donors (Lipinski definition) is 0. The first-order chi connectivity index (χ1) is 32.8. The molecular formula is C65H45N. The molecule has 0 N–H and O–H groups in total. The molecule has 0 saturated carbocycles. The molecular weight excluding hydrogens is 795 g/mol. The Morgan fingerprint density at radius 3 is 1.39 bits per heavy atom. The monoisotopic (exact) mass is 839 g/mol. The molecule has 0 spiro atoms. The van der Waals surface area contributed by atoms with Crippen LogP contribution in [-0.2, 0) is 5.41 Å². The molecule has 0 aromatic heterocycles. The molecule has 0 saturated heterocycles. The Labute approximate surface area is 387 Å². The first-order valence-corrected chi connectivity index (χ1v) is 22.8. The Morgan fingerprint density at radius 2 is 0.727 bits per heavy atom. The highest BCUT2D eigenvalue weighted by Crippen LogP contribution is 2.59. The van der Waals surface area contributed by atoms with Crippen molar-refractivity contribution < 1.29 is 0 Å². The normalized spacial score (nSPS) is 12.4. The second kappa shape index (κ2) is 16.6. The number of rotatable bonds is 9. The van der Waals surface area contributed by atoms with Crippen LogP contribution in [0.25, 0.3) is 66.4 Å². The van der Waals surface area contributed by atoms with Crippen LogP contribution in [0.3, 0.4) is 0 Å². The van der Waals surface area contributed by atoms with Gasteiger partial charge in [0.05, 0.1) is 11.1 Å². The van der Waals surface area contributed by atoms with Crippen LogP contribution in [0.2, 0.25) is 0 Å². The fraction of sp³-hybridized carbons (Fsp3) is 0.0154. The Hall–Kier alpha value is -8.52. The van der Waals surface area contributed by atoms with Gasteiger partial charge in [0.15, 0.2) is 0 Å². The first kappa shape index (κ1) is 39.1. The van der Waals surface area contributed by atoms with Crippen molar-refractivity contribution in [3.63, 3.8) is 0 Å². The summed E-state index contributed by atoms with van der Waals surface area (Å²) in [5.74, 6) is 0. The number of hydrogen-bond acceptors (Lipinski definition) is 1. The molecule has 1 aliphatic carbocycles. The molecule has 11 aromatic rings. The van der Waals surface area contributed by atoms with E-state index in [-0.39, 0.29) is 0 Å². The minimum absolute atomic E-state index is 0.497. The lowest BCUT2D eigenvalue weighted by molar-refractivity contribution is 0.768. The number of para-hydroxylation sites is 1. The summed E-state index contributed by atoms with van der Waals surface area (Å²) in [6.45, 7) is 0. The van der Waals surface area contributed by atoms with Crippen molar-refractivity contribution in [3.8, 4) is 55.6 Å². The van der Waals surface area contributed by atoms with Gasteiger partial charge < -0.3 is 4.90 Å². The Bertz CT molecular complexity index is 3450. The van der Waals surface area contributed by atoms with Crippen LogP contribution in [-0.4, -0.2) is 0 Å². The molecule has 0 amide bonds. The van der Waals surface area contributed by atoms with Gasteiger partial charge in [-0.15, -0.1) is 0 Å². The molecule has 0 fully saturated rings. The molecule has 0 radical (unpaired) electrons. The van der Waals surface area contributed by atoms with Crippen LogP contribution >= 0.6 is 0 Å². The molecule has 1 heteroatoms. The summed E-state index contributed by atoms with van der Waals surface area (Å²) in [5, 5.41) is 2.37. The average molecular weight is 840 g/mol. The number of nitrogens with zero attached hydrogens (tertiary/aromatic N) is 1. The van der Waals surface area contributed by atoms with Gasteiger partial charge in [-0.2, -0.15) is 0 Å². The summed E-state index contributed by atoms with van der Waals surface area (Å²) < 4.78 is 0. The van der Waals surface area contributed by atoms with Crippen LogP contribution in [0.15, 0.2) is 273 Å². The fourth-order valence-electron chi connectivity index (χ4n) is 10.7. The second-order valence-corrected chi connectivity index (χ2v) is 17.1. The van der Waals surface area contributed by atoms with Gasteiger partial charge in [0.2, 0.25) is 0 Å². The highest BCUT2D eigenvalue weighted by atomic mass is 15.1. The van der Waals surface area contributed by atoms with E-state index < -0.39 is 5.41 Å². The van der Waals surface area contributed by atoms with Crippen LogP contribution in [0, 0.1) is 0 Å². The molecule has 0 heterocycles. The van der Waals surface area contributed by atoms with Gasteiger partial charge in [0.25, 0.3) is 0 Å². The van der Waals surface area contributed by atoms with E-state index in [2.05, 4.69) is 278 Å². The molecule has 66 heavy (non-hydrogen) atoms. The Kier molecular flexibility index (Phi) is 9.81. The smallest absolute Gasteiger partial charge is 0.0713 e. The molecule has 0 atom stereocenters. The highest BCUT2D eigenvalue weighted by Gasteiger charge is 2.46. The van der Waals surface area contributed by atoms with E-state index in [1.54, 1.807) is 0 Å². The van der Waals surface area contributed by atoms with Crippen molar-refractivity contribution in [3.05, 3.63) is 295 Å². The predicted octanol–water partition coefficient (Wildman–Crippen LogP) is 17.3. The third-order valence-corrected chi connectivity index (χ3v) is 13.6. The molecule has 1 nitrogen and oxygen atoms in total. The van der Waals surface area contributed by atoms with E-state index in [1.807, 2.05) is 0 Å². The zero-order valence-corrected chi connectivity index (χ0v) is 36.4. The molecule has 12 rings (SSSR count). The minimum atomic E-state index is -0.497. The summed E-state index contributed by atoms with van der Waals surface area (Å²) in [5.41, 5.74) is 20.1. The van der Waals surface area contributed by atoms with Gasteiger partial charge >= 0.3 is 0 Å². The predicted molar refractivity (Wildman–Crippen MR) is 278 cm³/mol. The summed E-state index contributed by atoms with van der Waals surface area (Å²) >= 11 is 0. The SMILES string of the molecule is c1ccc(-c2ccc(N(c3ccccc3)c3ccc(-c4cc(-c5ccccc5)ccc4-c4cccc5c4-c4ccccc4C5(c4ccccc4)c4ccccc4)c4ccccc34)cc2)cc1. The van der Waals surface area contributed by atoms with E-state index in [0.717, 1.165) is 17.1 Å². The fourth-order valence-corrected chi connectivity index (χ4v) is 10.7. The van der Waals surface area contributed by atoms with Crippen LogP contribution in [0.1, 0.15) is 22.3 Å². The number of anilines is 3. The summed E-state index contributed by atoms with van der Waals surface area (Å²) in [6.07, 6.45) is 0. The van der Waals surface area contributed by atoms with Crippen molar-refractivity contribution in [2.24, 2.45) is 0 Å². The van der Waals surface area contributed by atoms with E-state index >= 15 is 0 Å². The van der Waals surface area contributed by atoms with Crippen LogP contribution < -0.4 is 4.90 Å². The van der Waals surface area contributed by atoms with Gasteiger partial charge in [-0.1, -0.05) is 237 Å². The van der Waals surface area contributed by atoms with Gasteiger partial charge in [0, 0.05) is 16.8 Å². The van der Waals surface area contributed by atoms with Crippen molar-refractivity contribution in [1.29, 1.82) is 0 Å². The maximum absolute atomic E-state index is 2.42. The maximum atomic E-state index is 2.42. The van der Waals surface area contributed by atoms with Crippen LogP contribution in [0.5, 0.6) is 0 Å². The van der Waals surface area contributed by atoms with E-state index in [9.17, 15) is 0 Å². The van der Waals surface area contributed by atoms with Crippen LogP contribution in [0.4, 0.5) is 17.1 Å². The van der Waals surface area contributed by atoms with Crippen molar-refractivity contribution in [1.82, 2.24) is 0 Å². The summed E-state index contributed by atoms with van der Waals surface area (Å²) in [6, 6.07) is 100. The molecule has 0 bridgehead atoms. The molecule has 11 aromatic carbocycles. The van der Waals surface area contributed by atoms with Gasteiger partial charge in [-0.3, -0.25) is 0 Å². The van der Waals surface area contributed by atoms with Gasteiger partial charge in [-0.25, -0.2) is 0 Å².